The second kappa shape index (κ2) is 9.85. The van der Waals surface area contributed by atoms with E-state index in [1.807, 2.05) is 11.9 Å². The summed E-state index contributed by atoms with van der Waals surface area (Å²) < 4.78 is 29.7. The third-order valence-corrected chi connectivity index (χ3v) is 3.57. The summed E-state index contributed by atoms with van der Waals surface area (Å²) in [7, 11) is -1.92. The van der Waals surface area contributed by atoms with Gasteiger partial charge in [-0.15, -0.1) is 0 Å². The van der Waals surface area contributed by atoms with Gasteiger partial charge >= 0.3 is 0 Å². The summed E-state index contributed by atoms with van der Waals surface area (Å²) in [5.74, 6) is -0.167. The van der Waals surface area contributed by atoms with Crippen molar-refractivity contribution in [2.24, 2.45) is 0 Å². The van der Waals surface area contributed by atoms with Crippen LogP contribution in [0.4, 0.5) is 0 Å². The normalized spacial score (nSPS) is 12.2. The second-order valence-corrected chi connectivity index (χ2v) is 6.28. The molecule has 104 valence electrons. The van der Waals surface area contributed by atoms with Crippen molar-refractivity contribution in [1.82, 2.24) is 4.90 Å². The average molecular weight is 265 g/mol. The van der Waals surface area contributed by atoms with Crippen LogP contribution in [0.1, 0.15) is 51.9 Å². The van der Waals surface area contributed by atoms with Gasteiger partial charge in [-0.1, -0.05) is 45.4 Å². The van der Waals surface area contributed by atoms with E-state index in [2.05, 4.69) is 6.92 Å². The Balaban J connectivity index is 3.30. The lowest BCUT2D eigenvalue weighted by atomic mass is 10.1. The molecular weight excluding hydrogens is 238 g/mol. The molecule has 0 fully saturated rings. The minimum Gasteiger partial charge on any atom is -0.305 e. The first-order valence-electron chi connectivity index (χ1n) is 6.59. The summed E-state index contributed by atoms with van der Waals surface area (Å²) in [6, 6.07) is 0. The summed E-state index contributed by atoms with van der Waals surface area (Å²) in [6.07, 6.45) is 8.82. The Morgan fingerprint density at radius 2 is 1.47 bits per heavy atom. The van der Waals surface area contributed by atoms with E-state index in [4.69, 9.17) is 4.55 Å². The van der Waals surface area contributed by atoms with E-state index < -0.39 is 10.1 Å². The number of rotatable bonds is 11. The molecule has 0 rings (SSSR count). The molecule has 1 N–H and O–H groups in total. The van der Waals surface area contributed by atoms with Gasteiger partial charge in [0.15, 0.2) is 0 Å². The summed E-state index contributed by atoms with van der Waals surface area (Å²) >= 11 is 0. The number of hydrogen-bond acceptors (Lipinski definition) is 3. The fourth-order valence-electron chi connectivity index (χ4n) is 1.72. The Labute approximate surface area is 106 Å². The fraction of sp³-hybridized carbons (Fsp3) is 1.00. The van der Waals surface area contributed by atoms with E-state index in [0.717, 1.165) is 13.0 Å². The molecule has 0 aromatic heterocycles. The fourth-order valence-corrected chi connectivity index (χ4v) is 2.26. The molecule has 0 heterocycles. The molecule has 17 heavy (non-hydrogen) atoms. The van der Waals surface area contributed by atoms with E-state index in [1.54, 1.807) is 0 Å². The number of nitrogens with zero attached hydrogens (tertiary/aromatic N) is 1. The van der Waals surface area contributed by atoms with Crippen LogP contribution < -0.4 is 0 Å². The smallest absolute Gasteiger partial charge is 0.266 e. The van der Waals surface area contributed by atoms with Crippen LogP contribution in [0.5, 0.6) is 0 Å². The van der Waals surface area contributed by atoms with Crippen molar-refractivity contribution < 1.29 is 13.0 Å². The second-order valence-electron chi connectivity index (χ2n) is 4.71. The Bertz CT molecular complexity index is 265. The van der Waals surface area contributed by atoms with Crippen molar-refractivity contribution in [1.29, 1.82) is 0 Å². The van der Waals surface area contributed by atoms with E-state index in [1.165, 1.54) is 38.5 Å². The average Bonchev–Trinajstić information content (AvgIpc) is 2.24. The molecule has 0 saturated carbocycles. The van der Waals surface area contributed by atoms with Crippen LogP contribution in [-0.2, 0) is 10.1 Å². The van der Waals surface area contributed by atoms with Crippen molar-refractivity contribution in [2.75, 3.05) is 25.9 Å². The van der Waals surface area contributed by atoms with E-state index in [9.17, 15) is 8.42 Å². The van der Waals surface area contributed by atoms with Crippen molar-refractivity contribution in [3.05, 3.63) is 0 Å². The third-order valence-electron chi connectivity index (χ3n) is 2.87. The molecular formula is C12H27NO3S. The molecule has 0 amide bonds. The topological polar surface area (TPSA) is 57.6 Å². The van der Waals surface area contributed by atoms with Gasteiger partial charge in [-0.05, 0) is 20.0 Å². The van der Waals surface area contributed by atoms with Crippen molar-refractivity contribution >= 4 is 10.1 Å². The summed E-state index contributed by atoms with van der Waals surface area (Å²) in [4.78, 5) is 1.96. The summed E-state index contributed by atoms with van der Waals surface area (Å²) in [5, 5.41) is 0. The molecule has 0 saturated heterocycles. The first-order chi connectivity index (χ1) is 7.95. The van der Waals surface area contributed by atoms with Gasteiger partial charge in [0.2, 0.25) is 0 Å². The molecule has 0 unspecified atom stereocenters. The largest absolute Gasteiger partial charge is 0.305 e. The minimum absolute atomic E-state index is 0.167. The van der Waals surface area contributed by atoms with Crippen LogP contribution >= 0.6 is 0 Å². The van der Waals surface area contributed by atoms with Gasteiger partial charge in [-0.25, -0.2) is 0 Å². The SMILES string of the molecule is CCCCCCCCCN(C)CCS(=O)(=O)O. The molecule has 0 aromatic rings. The molecule has 0 aromatic carbocycles. The predicted molar refractivity (Wildman–Crippen MR) is 71.9 cm³/mol. The molecule has 0 aliphatic heterocycles. The first kappa shape index (κ1) is 16.9. The number of hydrogen-bond donors (Lipinski definition) is 1. The third kappa shape index (κ3) is 13.8. The zero-order valence-electron chi connectivity index (χ0n) is 11.2. The van der Waals surface area contributed by atoms with Gasteiger partial charge in [0, 0.05) is 6.54 Å². The van der Waals surface area contributed by atoms with E-state index in [-0.39, 0.29) is 5.75 Å². The molecule has 5 heteroatoms. The van der Waals surface area contributed by atoms with Crippen LogP contribution in [0.15, 0.2) is 0 Å². The summed E-state index contributed by atoms with van der Waals surface area (Å²) in [6.45, 7) is 3.53. The maximum Gasteiger partial charge on any atom is 0.266 e. The maximum absolute atomic E-state index is 10.5. The van der Waals surface area contributed by atoms with Gasteiger partial charge in [0.25, 0.3) is 10.1 Å². The highest BCUT2D eigenvalue weighted by molar-refractivity contribution is 7.85. The number of unbranched alkanes of at least 4 members (excludes halogenated alkanes) is 6. The molecule has 4 nitrogen and oxygen atoms in total. The van der Waals surface area contributed by atoms with Crippen LogP contribution in [0, 0.1) is 0 Å². The van der Waals surface area contributed by atoms with Crippen LogP contribution in [-0.4, -0.2) is 43.8 Å². The van der Waals surface area contributed by atoms with E-state index in [0.29, 0.717) is 6.54 Å². The molecule has 0 bridgehead atoms. The highest BCUT2D eigenvalue weighted by atomic mass is 32.2. The van der Waals surface area contributed by atoms with Crippen molar-refractivity contribution in [3.8, 4) is 0 Å². The predicted octanol–water partition coefficient (Wildman–Crippen LogP) is 2.56. The van der Waals surface area contributed by atoms with Gasteiger partial charge < -0.3 is 4.90 Å². The molecule has 0 spiro atoms. The van der Waals surface area contributed by atoms with Gasteiger partial charge in [-0.2, -0.15) is 8.42 Å². The minimum atomic E-state index is -3.81. The van der Waals surface area contributed by atoms with Crippen LogP contribution in [0.2, 0.25) is 0 Å². The monoisotopic (exact) mass is 265 g/mol. The first-order valence-corrected chi connectivity index (χ1v) is 8.20. The van der Waals surface area contributed by atoms with Crippen LogP contribution in [0.25, 0.3) is 0 Å². The quantitative estimate of drug-likeness (QED) is 0.461. The van der Waals surface area contributed by atoms with Gasteiger partial charge in [0.05, 0.1) is 5.75 Å². The lowest BCUT2D eigenvalue weighted by molar-refractivity contribution is 0.337. The van der Waals surface area contributed by atoms with Crippen LogP contribution in [0.3, 0.4) is 0 Å². The molecule has 0 aliphatic carbocycles. The Morgan fingerprint density at radius 1 is 0.941 bits per heavy atom. The highest BCUT2D eigenvalue weighted by Crippen LogP contribution is 2.07. The standard InChI is InChI=1S/C12H27NO3S/c1-3-4-5-6-7-8-9-10-13(2)11-12-17(14,15)16/h3-12H2,1-2H3,(H,14,15,16). The van der Waals surface area contributed by atoms with Crippen molar-refractivity contribution in [3.63, 3.8) is 0 Å². The zero-order valence-corrected chi connectivity index (χ0v) is 12.0. The lowest BCUT2D eigenvalue weighted by Gasteiger charge is -2.15. The van der Waals surface area contributed by atoms with E-state index >= 15 is 0 Å². The van der Waals surface area contributed by atoms with Gasteiger partial charge in [-0.3, -0.25) is 4.55 Å². The lowest BCUT2D eigenvalue weighted by Crippen LogP contribution is -2.26. The Hall–Kier alpha value is -0.130. The Morgan fingerprint density at radius 3 is 2.00 bits per heavy atom. The maximum atomic E-state index is 10.5. The zero-order chi connectivity index (χ0) is 13.1. The van der Waals surface area contributed by atoms with Crippen molar-refractivity contribution in [2.45, 2.75) is 51.9 Å². The summed E-state index contributed by atoms with van der Waals surface area (Å²) in [5.41, 5.74) is 0. The highest BCUT2D eigenvalue weighted by Gasteiger charge is 2.06. The molecule has 0 aliphatic rings. The Kier molecular flexibility index (Phi) is 9.78. The molecule has 0 atom stereocenters. The molecule has 0 radical (unpaired) electrons. The van der Waals surface area contributed by atoms with Gasteiger partial charge in [0.1, 0.15) is 0 Å².